The minimum Gasteiger partial charge on any atom is -0.497 e. The van der Waals surface area contributed by atoms with Crippen molar-refractivity contribution in [3.8, 4) is 46.0 Å². The van der Waals surface area contributed by atoms with Gasteiger partial charge in [0.1, 0.15) is 46.0 Å². The highest BCUT2D eigenvalue weighted by Crippen LogP contribution is 2.49. The summed E-state index contributed by atoms with van der Waals surface area (Å²) in [6.07, 6.45) is 17.9. The van der Waals surface area contributed by atoms with Crippen LogP contribution < -0.4 is 33.2 Å². The molecule has 0 atom stereocenters. The summed E-state index contributed by atoms with van der Waals surface area (Å²) in [5.41, 5.74) is 8.80. The maximum Gasteiger partial charge on any atom is 0.343 e. The molecule has 3 saturated carbocycles. The predicted octanol–water partition coefficient (Wildman–Crippen LogP) is 20.7. The Hall–Kier alpha value is -11.2. The van der Waals surface area contributed by atoms with Crippen LogP contribution in [0.15, 0.2) is 243 Å². The van der Waals surface area contributed by atoms with E-state index in [1.54, 1.807) is 104 Å². The minimum absolute atomic E-state index is 0.0432. The second-order valence-corrected chi connectivity index (χ2v) is 27.4. The smallest absolute Gasteiger partial charge is 0.343 e. The number of ketones is 2. The van der Waals surface area contributed by atoms with Crippen molar-refractivity contribution in [1.29, 1.82) is 0 Å². The Morgan fingerprint density at radius 3 is 0.932 bits per heavy atom. The predicted molar refractivity (Wildman–Crippen MR) is 396 cm³/mol. The van der Waals surface area contributed by atoms with Crippen LogP contribution in [-0.4, -0.2) is 49.2 Å². The van der Waals surface area contributed by atoms with Gasteiger partial charge in [0.2, 0.25) is 0 Å². The lowest BCUT2D eigenvalue weighted by molar-refractivity contribution is 0.0720. The fourth-order valence-electron chi connectivity index (χ4n) is 15.3. The molecule has 3 fully saturated rings. The van der Waals surface area contributed by atoms with Crippen LogP contribution in [0.2, 0.25) is 0 Å². The van der Waals surface area contributed by atoms with Crippen LogP contribution in [0.5, 0.6) is 46.0 Å². The number of hydrogen-bond acceptors (Lipinski definition) is 13. The molecule has 0 amide bonds. The van der Waals surface area contributed by atoms with Crippen LogP contribution >= 0.6 is 0 Å². The molecule has 0 aromatic heterocycles. The molecule has 522 valence electrons. The summed E-state index contributed by atoms with van der Waals surface area (Å²) in [6.45, 7) is 1.93. The minimum atomic E-state index is -0.557. The topological polar surface area (TPSA) is 167 Å². The Balaban J connectivity index is 0.540. The third kappa shape index (κ3) is 16.4. The number of hydrogen-bond donors (Lipinski definition) is 0. The number of rotatable bonds is 25. The van der Waals surface area contributed by atoms with Crippen LogP contribution in [0, 0.1) is 0 Å². The Bertz CT molecular complexity index is 4580. The van der Waals surface area contributed by atoms with Gasteiger partial charge in [-0.05, 0) is 249 Å². The lowest BCUT2D eigenvalue weighted by atomic mass is 9.65. The van der Waals surface area contributed by atoms with Gasteiger partial charge >= 0.3 is 23.9 Å². The number of ether oxygens (including phenoxy) is 7. The van der Waals surface area contributed by atoms with Crippen LogP contribution in [-0.2, 0) is 16.2 Å². The van der Waals surface area contributed by atoms with Crippen LogP contribution in [0.3, 0.4) is 0 Å². The molecule has 13 rings (SSSR count). The molecule has 0 aliphatic heterocycles. The molecule has 103 heavy (non-hydrogen) atoms. The molecule has 10 aromatic carbocycles. The van der Waals surface area contributed by atoms with Gasteiger partial charge in [0.15, 0.2) is 11.6 Å². The molecule has 3 aliphatic carbocycles. The summed E-state index contributed by atoms with van der Waals surface area (Å²) in [6, 6.07) is 74.5. The summed E-state index contributed by atoms with van der Waals surface area (Å²) in [7, 11) is 1.68. The average Bonchev–Trinajstić information content (AvgIpc) is 0.781. The second-order valence-electron chi connectivity index (χ2n) is 27.4. The average molecular weight is 1370 g/mol. The molecule has 0 radical (unpaired) electrons. The molecular formula is C90H84O13. The maximum absolute atomic E-state index is 13.5. The van der Waals surface area contributed by atoms with E-state index < -0.39 is 23.9 Å². The van der Waals surface area contributed by atoms with Crippen molar-refractivity contribution in [2.24, 2.45) is 0 Å². The number of esters is 4. The summed E-state index contributed by atoms with van der Waals surface area (Å²) in [5.74, 6) is 2.24. The van der Waals surface area contributed by atoms with E-state index in [-0.39, 0.29) is 38.9 Å². The summed E-state index contributed by atoms with van der Waals surface area (Å²) in [5, 5.41) is 0. The summed E-state index contributed by atoms with van der Waals surface area (Å²) < 4.78 is 40.9. The van der Waals surface area contributed by atoms with Crippen molar-refractivity contribution in [2.45, 2.75) is 139 Å². The molecule has 0 heterocycles. The molecule has 13 heteroatoms. The molecule has 3 aliphatic rings. The molecular weight excluding hydrogens is 1290 g/mol. The highest BCUT2D eigenvalue weighted by molar-refractivity contribution is 5.99. The first-order chi connectivity index (χ1) is 50.2. The standard InChI is InChI=1S/C90H84O13/c1-62(91)67-15-14-16-68(61-67)87(96)103-82-52-36-74(37-53-82)90(58-11-5-12-59-90)73-34-48-80(49-35-73)101-85(94)65-20-18-64(19-21-65)84(93)100-79-46-32-72(33-47-79)89(56-9-4-10-57-89)70-28-44-76(45-29-70)98-60-13-6-17-83(92)63-22-38-77(39-23-63)99-78-40-24-66(25-41-78)86(95)102-81-50-30-71(31-51-81)88(54-7-3-8-55-88)69-26-42-75(97-2)43-27-69/h14-16,18-53,61H,3-13,17,54-60H2,1-2H3. The van der Waals surface area contributed by atoms with Gasteiger partial charge in [-0.1, -0.05) is 143 Å². The van der Waals surface area contributed by atoms with E-state index in [1.165, 1.54) is 36.5 Å². The van der Waals surface area contributed by atoms with Crippen LogP contribution in [0.4, 0.5) is 0 Å². The van der Waals surface area contributed by atoms with E-state index in [9.17, 15) is 28.8 Å². The fourth-order valence-corrected chi connectivity index (χ4v) is 15.3. The van der Waals surface area contributed by atoms with Gasteiger partial charge < -0.3 is 33.2 Å². The number of carbonyl (C=O) groups excluding carboxylic acids is 6. The molecule has 10 aromatic rings. The number of methoxy groups -OCH3 is 1. The van der Waals surface area contributed by atoms with Crippen molar-refractivity contribution in [3.05, 3.63) is 309 Å². The zero-order valence-corrected chi connectivity index (χ0v) is 58.3. The number of carbonyl (C=O) groups is 6. The first kappa shape index (κ1) is 70.3. The van der Waals surface area contributed by atoms with E-state index in [0.717, 1.165) is 112 Å². The molecule has 0 unspecified atom stereocenters. The van der Waals surface area contributed by atoms with Gasteiger partial charge in [0.05, 0.1) is 36.0 Å². The Morgan fingerprint density at radius 1 is 0.301 bits per heavy atom. The molecule has 13 nitrogen and oxygen atoms in total. The Kier molecular flexibility index (Phi) is 22.0. The third-order valence-electron chi connectivity index (χ3n) is 21.1. The SMILES string of the molecule is COc1ccc(C2(c3ccc(OC(=O)c4ccc(Oc5ccc(C(=O)CCCCOc6ccc(C7(c8ccc(OC(=O)c9ccc(C(=O)Oc%10ccc(C%11(c%12ccc(OC(=O)c%13cccc(C(C)=O)c%13)cc%12)CCCCC%11)cc%10)cc9)cc8)CCCCC7)cc6)cc5)cc4)cc3)CCCCC2)cc1. The third-order valence-corrected chi connectivity index (χ3v) is 21.1. The van der Waals surface area contributed by atoms with E-state index in [0.29, 0.717) is 82.6 Å². The molecule has 0 N–H and O–H groups in total. The summed E-state index contributed by atoms with van der Waals surface area (Å²) in [4.78, 5) is 78.2. The van der Waals surface area contributed by atoms with E-state index >= 15 is 0 Å². The Morgan fingerprint density at radius 2 is 0.592 bits per heavy atom. The van der Waals surface area contributed by atoms with Crippen LogP contribution in [0.1, 0.15) is 218 Å². The zero-order valence-electron chi connectivity index (χ0n) is 58.3. The second kappa shape index (κ2) is 32.2. The lowest BCUT2D eigenvalue weighted by Crippen LogP contribution is -2.30. The highest BCUT2D eigenvalue weighted by Gasteiger charge is 2.39. The first-order valence-electron chi connectivity index (χ1n) is 36.1. The van der Waals surface area contributed by atoms with Gasteiger partial charge in [-0.25, -0.2) is 19.2 Å². The number of unbranched alkanes of at least 4 members (excludes halogenated alkanes) is 1. The van der Waals surface area contributed by atoms with E-state index in [1.807, 2.05) is 97.1 Å². The number of benzene rings is 10. The first-order valence-corrected chi connectivity index (χ1v) is 36.1. The fraction of sp³-hybridized carbons (Fsp3) is 0.267. The molecule has 0 bridgehead atoms. The van der Waals surface area contributed by atoms with E-state index in [2.05, 4.69) is 48.5 Å². The van der Waals surface area contributed by atoms with E-state index in [4.69, 9.17) is 33.2 Å². The van der Waals surface area contributed by atoms with Crippen molar-refractivity contribution < 1.29 is 61.9 Å². The van der Waals surface area contributed by atoms with Gasteiger partial charge in [-0.3, -0.25) is 9.59 Å². The Labute approximate surface area is 602 Å². The van der Waals surface area contributed by atoms with Crippen LogP contribution in [0.25, 0.3) is 0 Å². The van der Waals surface area contributed by atoms with Gasteiger partial charge in [0, 0.05) is 33.8 Å². The van der Waals surface area contributed by atoms with Gasteiger partial charge in [-0.15, -0.1) is 0 Å². The van der Waals surface area contributed by atoms with Crippen molar-refractivity contribution in [2.75, 3.05) is 13.7 Å². The van der Waals surface area contributed by atoms with Crippen molar-refractivity contribution in [1.82, 2.24) is 0 Å². The largest absolute Gasteiger partial charge is 0.497 e. The van der Waals surface area contributed by atoms with Crippen molar-refractivity contribution in [3.63, 3.8) is 0 Å². The number of Topliss-reactive ketones (excluding diaryl/α,β-unsaturated/α-hetero) is 2. The molecule has 0 saturated heterocycles. The lowest BCUT2D eigenvalue weighted by Gasteiger charge is -2.38. The highest BCUT2D eigenvalue weighted by atomic mass is 16.5. The monoisotopic (exact) mass is 1370 g/mol. The normalized spacial score (nSPS) is 15.1. The van der Waals surface area contributed by atoms with Gasteiger partial charge in [0.25, 0.3) is 0 Å². The quantitative estimate of drug-likeness (QED) is 0.0230. The summed E-state index contributed by atoms with van der Waals surface area (Å²) >= 11 is 0. The molecule has 0 spiro atoms. The maximum atomic E-state index is 13.5. The zero-order chi connectivity index (χ0) is 71.2. The van der Waals surface area contributed by atoms with Crippen molar-refractivity contribution >= 4 is 35.4 Å². The van der Waals surface area contributed by atoms with Gasteiger partial charge in [-0.2, -0.15) is 0 Å².